The second-order valence-corrected chi connectivity index (χ2v) is 13.7. The summed E-state index contributed by atoms with van der Waals surface area (Å²) in [4.78, 5) is 0. The van der Waals surface area contributed by atoms with E-state index in [1.165, 1.54) is 98.7 Å². The molecule has 0 saturated carbocycles. The van der Waals surface area contributed by atoms with Gasteiger partial charge in [0.2, 0.25) is 0 Å². The maximum absolute atomic E-state index is 2.38. The minimum Gasteiger partial charge on any atom is -0.0622 e. The Balaban J connectivity index is 1.06. The molecule has 0 bridgehead atoms. The van der Waals surface area contributed by atoms with Crippen LogP contribution in [-0.4, -0.2) is 0 Å². The number of rotatable bonds is 5. The maximum Gasteiger partial charge on any atom is -0.00201 e. The van der Waals surface area contributed by atoms with Crippen molar-refractivity contribution in [3.05, 3.63) is 206 Å². The van der Waals surface area contributed by atoms with Gasteiger partial charge in [0.1, 0.15) is 0 Å². The Morgan fingerprint density at radius 3 is 1.19 bits per heavy atom. The second-order valence-electron chi connectivity index (χ2n) is 13.7. The lowest BCUT2D eigenvalue weighted by atomic mass is 9.84. The molecule has 0 aliphatic carbocycles. The molecule has 0 heterocycles. The zero-order valence-corrected chi connectivity index (χ0v) is 28.6. The normalized spacial score (nSPS) is 11.5. The molecule has 10 rings (SSSR count). The average Bonchev–Trinajstić information content (AvgIpc) is 3.22. The predicted octanol–water partition coefficient (Wildman–Crippen LogP) is 14.6. The van der Waals surface area contributed by atoms with Crippen molar-refractivity contribution >= 4 is 43.1 Å². The van der Waals surface area contributed by atoms with Gasteiger partial charge in [0.05, 0.1) is 0 Å². The Morgan fingerprint density at radius 2 is 0.596 bits per heavy atom. The van der Waals surface area contributed by atoms with E-state index in [-0.39, 0.29) is 0 Å². The van der Waals surface area contributed by atoms with Crippen molar-refractivity contribution in [3.63, 3.8) is 0 Å². The van der Waals surface area contributed by atoms with E-state index in [0.29, 0.717) is 0 Å². The van der Waals surface area contributed by atoms with Crippen molar-refractivity contribution < 1.29 is 0 Å². The van der Waals surface area contributed by atoms with E-state index in [9.17, 15) is 0 Å². The molecular formula is C52H34. The molecule has 0 amide bonds. The van der Waals surface area contributed by atoms with Crippen LogP contribution in [0.15, 0.2) is 206 Å². The van der Waals surface area contributed by atoms with Gasteiger partial charge in [0, 0.05) is 0 Å². The van der Waals surface area contributed by atoms with Crippen molar-refractivity contribution in [1.82, 2.24) is 0 Å². The van der Waals surface area contributed by atoms with Crippen LogP contribution in [0.4, 0.5) is 0 Å². The van der Waals surface area contributed by atoms with Crippen molar-refractivity contribution in [2.24, 2.45) is 0 Å². The Hall–Kier alpha value is -6.76. The number of hydrogen-bond acceptors (Lipinski definition) is 0. The molecule has 0 radical (unpaired) electrons. The minimum absolute atomic E-state index is 1.22. The molecule has 0 aliphatic heterocycles. The molecule has 10 aromatic rings. The summed E-state index contributed by atoms with van der Waals surface area (Å²) in [5.41, 5.74) is 12.4. The minimum atomic E-state index is 1.22. The fraction of sp³-hybridized carbons (Fsp3) is 0. The van der Waals surface area contributed by atoms with E-state index in [2.05, 4.69) is 206 Å². The van der Waals surface area contributed by atoms with E-state index in [4.69, 9.17) is 0 Å². The third-order valence-electron chi connectivity index (χ3n) is 10.7. The first-order valence-corrected chi connectivity index (χ1v) is 18.0. The molecule has 0 saturated heterocycles. The van der Waals surface area contributed by atoms with Crippen LogP contribution in [0.2, 0.25) is 0 Å². The first-order valence-electron chi connectivity index (χ1n) is 18.0. The molecule has 52 heavy (non-hydrogen) atoms. The summed E-state index contributed by atoms with van der Waals surface area (Å²) < 4.78 is 0. The van der Waals surface area contributed by atoms with E-state index in [0.717, 1.165) is 0 Å². The number of hydrogen-bond donors (Lipinski definition) is 0. The van der Waals surface area contributed by atoms with Crippen molar-refractivity contribution in [3.8, 4) is 55.6 Å². The monoisotopic (exact) mass is 658 g/mol. The summed E-state index contributed by atoms with van der Waals surface area (Å²) in [7, 11) is 0. The standard InChI is InChI=1S/C52H34/c1-2-11-35(12-3-1)36-21-23-37(24-22-36)38-25-27-39(28-26-38)42-31-29-40-30-32-43(34-44(40)33-42)51-47-16-6-8-18-49(47)52(50-19-9-7-17-48(50)51)46-20-10-14-41-13-4-5-15-45(41)46/h1-34H. The van der Waals surface area contributed by atoms with E-state index in [1.807, 2.05) is 0 Å². The average molecular weight is 659 g/mol. The van der Waals surface area contributed by atoms with Gasteiger partial charge in [-0.3, -0.25) is 0 Å². The summed E-state index contributed by atoms with van der Waals surface area (Å²) in [5, 5.41) is 10.1. The third kappa shape index (κ3) is 5.16. The second kappa shape index (κ2) is 12.5. The van der Waals surface area contributed by atoms with Gasteiger partial charge in [-0.1, -0.05) is 194 Å². The molecule has 0 aromatic heterocycles. The Morgan fingerprint density at radius 1 is 0.192 bits per heavy atom. The topological polar surface area (TPSA) is 0 Å². The summed E-state index contributed by atoms with van der Waals surface area (Å²) in [6, 6.07) is 75.5. The summed E-state index contributed by atoms with van der Waals surface area (Å²) in [6.45, 7) is 0. The first-order chi connectivity index (χ1) is 25.8. The largest absolute Gasteiger partial charge is 0.0622 e. The van der Waals surface area contributed by atoms with Gasteiger partial charge in [-0.15, -0.1) is 0 Å². The molecule has 0 fully saturated rings. The number of benzene rings is 10. The van der Waals surface area contributed by atoms with E-state index in [1.54, 1.807) is 0 Å². The predicted molar refractivity (Wildman–Crippen MR) is 224 cm³/mol. The van der Waals surface area contributed by atoms with E-state index < -0.39 is 0 Å². The highest BCUT2D eigenvalue weighted by Crippen LogP contribution is 2.45. The maximum atomic E-state index is 2.38. The summed E-state index contributed by atoms with van der Waals surface area (Å²) >= 11 is 0. The lowest BCUT2D eigenvalue weighted by molar-refractivity contribution is 1.58. The highest BCUT2D eigenvalue weighted by Gasteiger charge is 2.18. The zero-order chi connectivity index (χ0) is 34.4. The molecule has 0 aliphatic rings. The van der Waals surface area contributed by atoms with Crippen molar-refractivity contribution in [1.29, 1.82) is 0 Å². The van der Waals surface area contributed by atoms with Crippen LogP contribution in [0, 0.1) is 0 Å². The molecule has 0 nitrogen and oxygen atoms in total. The van der Waals surface area contributed by atoms with Gasteiger partial charge in [-0.05, 0) is 111 Å². The quantitative estimate of drug-likeness (QED) is 0.161. The molecule has 0 heteroatoms. The molecule has 0 unspecified atom stereocenters. The third-order valence-corrected chi connectivity index (χ3v) is 10.7. The van der Waals surface area contributed by atoms with Crippen LogP contribution in [0.5, 0.6) is 0 Å². The van der Waals surface area contributed by atoms with Gasteiger partial charge in [0.15, 0.2) is 0 Å². The summed E-state index contributed by atoms with van der Waals surface area (Å²) in [6.07, 6.45) is 0. The van der Waals surface area contributed by atoms with Gasteiger partial charge < -0.3 is 0 Å². The molecule has 0 atom stereocenters. The lowest BCUT2D eigenvalue weighted by Crippen LogP contribution is -1.91. The Kier molecular flexibility index (Phi) is 7.25. The zero-order valence-electron chi connectivity index (χ0n) is 28.6. The fourth-order valence-corrected chi connectivity index (χ4v) is 8.10. The first kappa shape index (κ1) is 30.1. The summed E-state index contributed by atoms with van der Waals surface area (Å²) in [5.74, 6) is 0. The van der Waals surface area contributed by atoms with E-state index >= 15 is 0 Å². The molecule has 0 spiro atoms. The van der Waals surface area contributed by atoms with Crippen LogP contribution >= 0.6 is 0 Å². The van der Waals surface area contributed by atoms with Crippen molar-refractivity contribution in [2.45, 2.75) is 0 Å². The number of fused-ring (bicyclic) bond motifs is 4. The lowest BCUT2D eigenvalue weighted by Gasteiger charge is -2.19. The SMILES string of the molecule is c1ccc(-c2ccc(-c3ccc(-c4ccc5ccc(-c6c7ccccc7c(-c7cccc8ccccc78)c7ccccc67)cc5c4)cc3)cc2)cc1. The van der Waals surface area contributed by atoms with Crippen LogP contribution < -0.4 is 0 Å². The van der Waals surface area contributed by atoms with Crippen LogP contribution in [-0.2, 0) is 0 Å². The van der Waals surface area contributed by atoms with Gasteiger partial charge >= 0.3 is 0 Å². The Labute approximate surface area is 303 Å². The Bertz CT molecular complexity index is 2850. The van der Waals surface area contributed by atoms with Crippen LogP contribution in [0.1, 0.15) is 0 Å². The van der Waals surface area contributed by atoms with Gasteiger partial charge in [-0.2, -0.15) is 0 Å². The highest BCUT2D eigenvalue weighted by molar-refractivity contribution is 6.23. The van der Waals surface area contributed by atoms with Crippen molar-refractivity contribution in [2.75, 3.05) is 0 Å². The molecule has 10 aromatic carbocycles. The van der Waals surface area contributed by atoms with Gasteiger partial charge in [-0.25, -0.2) is 0 Å². The van der Waals surface area contributed by atoms with Gasteiger partial charge in [0.25, 0.3) is 0 Å². The highest BCUT2D eigenvalue weighted by atomic mass is 14.2. The molecule has 0 N–H and O–H groups in total. The van der Waals surface area contributed by atoms with Crippen LogP contribution in [0.25, 0.3) is 98.7 Å². The van der Waals surface area contributed by atoms with Crippen LogP contribution in [0.3, 0.4) is 0 Å². The molecular weight excluding hydrogens is 625 g/mol. The smallest absolute Gasteiger partial charge is 0.00201 e. The molecule has 242 valence electrons. The fourth-order valence-electron chi connectivity index (χ4n) is 8.10.